The Hall–Kier alpha value is -2.41. The number of rotatable bonds is 8. The summed E-state index contributed by atoms with van der Waals surface area (Å²) in [7, 11) is -3.53. The first-order valence-electron chi connectivity index (χ1n) is 9.17. The van der Waals surface area contributed by atoms with Crippen molar-refractivity contribution in [3.05, 3.63) is 65.0 Å². The summed E-state index contributed by atoms with van der Waals surface area (Å²) in [6, 6.07) is 11.2. The van der Waals surface area contributed by atoms with Crippen LogP contribution in [0.25, 0.3) is 0 Å². The van der Waals surface area contributed by atoms with Gasteiger partial charge in [-0.15, -0.1) is 0 Å². The highest BCUT2D eigenvalue weighted by Crippen LogP contribution is 2.20. The Morgan fingerprint density at radius 3 is 2.39 bits per heavy atom. The molecule has 28 heavy (non-hydrogen) atoms. The van der Waals surface area contributed by atoms with Crippen LogP contribution in [-0.4, -0.2) is 27.1 Å². The maximum absolute atomic E-state index is 13.1. The maximum Gasteiger partial charge on any atom is 0.232 e. The fourth-order valence-corrected chi connectivity index (χ4v) is 4.06. The highest BCUT2D eigenvalue weighted by atomic mass is 32.2. The predicted molar refractivity (Wildman–Crippen MR) is 110 cm³/mol. The standard InChI is InChI=1S/C21H27FN2O3S/c1-15-7-8-16(2)20(14-15)17(3)23-21(25)6-5-13-24(28(4,26)27)19-11-9-18(22)10-12-19/h7-12,14,17H,5-6,13H2,1-4H3,(H,23,25). The molecule has 7 heteroatoms. The smallest absolute Gasteiger partial charge is 0.232 e. The molecule has 0 saturated carbocycles. The van der Waals surface area contributed by atoms with Crippen LogP contribution in [0.4, 0.5) is 10.1 Å². The van der Waals surface area contributed by atoms with Gasteiger partial charge in [-0.1, -0.05) is 23.8 Å². The van der Waals surface area contributed by atoms with E-state index in [-0.39, 0.29) is 24.9 Å². The average Bonchev–Trinajstić information content (AvgIpc) is 2.60. The molecule has 1 atom stereocenters. The van der Waals surface area contributed by atoms with Gasteiger partial charge in [0.1, 0.15) is 5.82 Å². The Morgan fingerprint density at radius 1 is 1.14 bits per heavy atom. The lowest BCUT2D eigenvalue weighted by molar-refractivity contribution is -0.121. The molecule has 0 heterocycles. The van der Waals surface area contributed by atoms with Crippen molar-refractivity contribution in [1.82, 2.24) is 5.32 Å². The zero-order valence-corrected chi connectivity index (χ0v) is 17.5. The van der Waals surface area contributed by atoms with Gasteiger partial charge in [0.15, 0.2) is 0 Å². The molecule has 0 fully saturated rings. The molecular weight excluding hydrogens is 379 g/mol. The molecule has 5 nitrogen and oxygen atoms in total. The Kier molecular flexibility index (Phi) is 7.18. The minimum Gasteiger partial charge on any atom is -0.350 e. The van der Waals surface area contributed by atoms with E-state index in [0.717, 1.165) is 22.9 Å². The van der Waals surface area contributed by atoms with E-state index in [2.05, 4.69) is 11.4 Å². The SMILES string of the molecule is Cc1ccc(C)c(C(C)NC(=O)CCCN(c2ccc(F)cc2)S(C)(=O)=O)c1. The predicted octanol–water partition coefficient (Wildman–Crippen LogP) is 3.87. The lowest BCUT2D eigenvalue weighted by atomic mass is 10.00. The van der Waals surface area contributed by atoms with Crippen LogP contribution in [0.15, 0.2) is 42.5 Å². The van der Waals surface area contributed by atoms with E-state index < -0.39 is 15.8 Å². The van der Waals surface area contributed by atoms with Gasteiger partial charge in [-0.2, -0.15) is 0 Å². The lowest BCUT2D eigenvalue weighted by Gasteiger charge is -2.22. The lowest BCUT2D eigenvalue weighted by Crippen LogP contribution is -2.32. The molecule has 152 valence electrons. The van der Waals surface area contributed by atoms with Crippen molar-refractivity contribution in [2.45, 2.75) is 39.7 Å². The number of benzene rings is 2. The largest absolute Gasteiger partial charge is 0.350 e. The third-order valence-corrected chi connectivity index (χ3v) is 5.75. The minimum absolute atomic E-state index is 0.129. The summed E-state index contributed by atoms with van der Waals surface area (Å²) in [5, 5.41) is 2.97. The molecule has 2 aromatic carbocycles. The van der Waals surface area contributed by atoms with Gasteiger partial charge in [-0.05, 0) is 62.6 Å². The quantitative estimate of drug-likeness (QED) is 0.724. The molecule has 0 bridgehead atoms. The summed E-state index contributed by atoms with van der Waals surface area (Å²) in [5.41, 5.74) is 3.69. The fraction of sp³-hybridized carbons (Fsp3) is 0.381. The number of amides is 1. The zero-order valence-electron chi connectivity index (χ0n) is 16.7. The highest BCUT2D eigenvalue weighted by Gasteiger charge is 2.18. The molecule has 1 unspecified atom stereocenters. The summed E-state index contributed by atoms with van der Waals surface area (Å²) in [6.07, 6.45) is 1.65. The summed E-state index contributed by atoms with van der Waals surface area (Å²) in [5.74, 6) is -0.571. The Morgan fingerprint density at radius 2 is 1.79 bits per heavy atom. The molecule has 1 N–H and O–H groups in total. The summed E-state index contributed by atoms with van der Waals surface area (Å²) < 4.78 is 38.4. The molecule has 0 radical (unpaired) electrons. The van der Waals surface area contributed by atoms with Crippen molar-refractivity contribution < 1.29 is 17.6 Å². The number of nitrogens with zero attached hydrogens (tertiary/aromatic N) is 1. The molecule has 2 aromatic rings. The van der Waals surface area contributed by atoms with E-state index in [1.54, 1.807) is 0 Å². The number of hydrogen-bond acceptors (Lipinski definition) is 3. The normalized spacial score (nSPS) is 12.5. The number of carbonyl (C=O) groups is 1. The van der Waals surface area contributed by atoms with Crippen LogP contribution in [0.3, 0.4) is 0 Å². The molecule has 0 aliphatic carbocycles. The maximum atomic E-state index is 13.1. The number of aryl methyl sites for hydroxylation is 2. The third kappa shape index (κ3) is 6.05. The van der Waals surface area contributed by atoms with Gasteiger partial charge >= 0.3 is 0 Å². The van der Waals surface area contributed by atoms with E-state index in [1.807, 2.05) is 32.9 Å². The van der Waals surface area contributed by atoms with Crippen LogP contribution in [0.2, 0.25) is 0 Å². The number of anilines is 1. The van der Waals surface area contributed by atoms with Crippen molar-refractivity contribution >= 4 is 21.6 Å². The molecule has 0 aromatic heterocycles. The number of halogens is 1. The average molecular weight is 407 g/mol. The minimum atomic E-state index is -3.53. The van der Waals surface area contributed by atoms with Crippen LogP contribution in [0.1, 0.15) is 42.5 Å². The van der Waals surface area contributed by atoms with Crippen molar-refractivity contribution in [3.8, 4) is 0 Å². The molecule has 0 saturated heterocycles. The van der Waals surface area contributed by atoms with E-state index in [4.69, 9.17) is 0 Å². The van der Waals surface area contributed by atoms with Gasteiger partial charge in [0.05, 0.1) is 18.0 Å². The molecule has 0 aliphatic rings. The van der Waals surface area contributed by atoms with Gasteiger partial charge < -0.3 is 5.32 Å². The summed E-state index contributed by atoms with van der Waals surface area (Å²) in [4.78, 5) is 12.3. The third-order valence-electron chi connectivity index (χ3n) is 4.56. The van der Waals surface area contributed by atoms with Gasteiger partial charge in [0, 0.05) is 13.0 Å². The number of sulfonamides is 1. The van der Waals surface area contributed by atoms with Crippen LogP contribution >= 0.6 is 0 Å². The molecule has 1 amide bonds. The molecule has 0 aliphatic heterocycles. The number of hydrogen-bond donors (Lipinski definition) is 1. The Bertz CT molecular complexity index is 927. The molecule has 0 spiro atoms. The van der Waals surface area contributed by atoms with Gasteiger partial charge in [0.25, 0.3) is 0 Å². The van der Waals surface area contributed by atoms with Crippen LogP contribution < -0.4 is 9.62 Å². The summed E-state index contributed by atoms with van der Waals surface area (Å²) in [6.45, 7) is 6.09. The van der Waals surface area contributed by atoms with Crippen molar-refractivity contribution in [2.75, 3.05) is 17.1 Å². The van der Waals surface area contributed by atoms with E-state index in [0.29, 0.717) is 12.1 Å². The first-order valence-corrected chi connectivity index (χ1v) is 11.0. The van der Waals surface area contributed by atoms with Crippen LogP contribution in [0, 0.1) is 19.7 Å². The second-order valence-corrected chi connectivity index (χ2v) is 8.97. The first kappa shape index (κ1) is 21.9. The second-order valence-electron chi connectivity index (χ2n) is 7.06. The van der Waals surface area contributed by atoms with E-state index >= 15 is 0 Å². The van der Waals surface area contributed by atoms with E-state index in [1.165, 1.54) is 28.6 Å². The fourth-order valence-electron chi connectivity index (χ4n) is 3.09. The van der Waals surface area contributed by atoms with Crippen LogP contribution in [0.5, 0.6) is 0 Å². The molecule has 2 rings (SSSR count). The number of nitrogens with one attached hydrogen (secondary N) is 1. The van der Waals surface area contributed by atoms with Gasteiger partial charge in [-0.25, -0.2) is 12.8 Å². The second kappa shape index (κ2) is 9.19. The monoisotopic (exact) mass is 406 g/mol. The van der Waals surface area contributed by atoms with Crippen molar-refractivity contribution in [2.24, 2.45) is 0 Å². The van der Waals surface area contributed by atoms with Gasteiger partial charge in [-0.3, -0.25) is 9.10 Å². The highest BCUT2D eigenvalue weighted by molar-refractivity contribution is 7.92. The zero-order chi connectivity index (χ0) is 20.9. The van der Waals surface area contributed by atoms with Crippen LogP contribution in [-0.2, 0) is 14.8 Å². The van der Waals surface area contributed by atoms with Crippen molar-refractivity contribution in [3.63, 3.8) is 0 Å². The van der Waals surface area contributed by atoms with E-state index in [9.17, 15) is 17.6 Å². The van der Waals surface area contributed by atoms with Gasteiger partial charge in [0.2, 0.25) is 15.9 Å². The topological polar surface area (TPSA) is 66.5 Å². The molecular formula is C21H27FN2O3S. The summed E-state index contributed by atoms with van der Waals surface area (Å²) >= 11 is 0. The Labute approximate surface area is 166 Å². The van der Waals surface area contributed by atoms with Crippen molar-refractivity contribution in [1.29, 1.82) is 0 Å². The Balaban J connectivity index is 1.95. The number of carbonyl (C=O) groups excluding carboxylic acids is 1. The first-order chi connectivity index (χ1) is 13.1.